The molecule has 40 heavy (non-hydrogen) atoms. The number of aromatic nitrogens is 1. The summed E-state index contributed by atoms with van der Waals surface area (Å²) in [6.45, 7) is 0. The predicted octanol–water partition coefficient (Wildman–Crippen LogP) is 5.62. The molecular weight excluding hydrogens is 519 g/mol. The summed E-state index contributed by atoms with van der Waals surface area (Å²) in [5, 5.41) is 9.30. The lowest BCUT2D eigenvalue weighted by molar-refractivity contribution is 0.0696. The number of fused-ring (bicyclic) bond motifs is 2. The molecule has 0 saturated carbocycles. The number of amides is 2. The molecule has 1 aromatic heterocycles. The van der Waals surface area contributed by atoms with Crippen molar-refractivity contribution < 1.29 is 37.8 Å². The van der Waals surface area contributed by atoms with Gasteiger partial charge in [-0.05, 0) is 71.8 Å². The number of hydrogen-bond acceptors (Lipinski definition) is 7. The van der Waals surface area contributed by atoms with E-state index in [4.69, 9.17) is 9.15 Å². The number of carboxylic acids is 1. The highest BCUT2D eigenvalue weighted by Gasteiger charge is 2.39. The summed E-state index contributed by atoms with van der Waals surface area (Å²) >= 11 is 0. The third-order valence-electron chi connectivity index (χ3n) is 6.64. The molecule has 5 aromatic rings. The number of methoxy groups -OCH3 is 1. The first-order valence-corrected chi connectivity index (χ1v) is 11.9. The Kier molecular flexibility index (Phi) is 5.73. The maximum atomic E-state index is 13.8. The standard InChI is InChI=1S/C30H17FN2O7/c1-39-26-9-5-17(13-24(26)33-28(35)20-6-2-18(30(37)38)11-21(20)29(33)36)27-32-23-12-16(4-8-25(23)40-27)15-3-7-22(31)19(10-15)14-34/h2-14H,1H3,(H,37,38). The fraction of sp³-hybridized carbons (Fsp3) is 0.0333. The van der Waals surface area contributed by atoms with Gasteiger partial charge in [-0.3, -0.25) is 14.4 Å². The molecule has 0 atom stereocenters. The summed E-state index contributed by atoms with van der Waals surface area (Å²) in [7, 11) is 1.39. The molecule has 1 N–H and O–H groups in total. The van der Waals surface area contributed by atoms with Gasteiger partial charge in [-0.25, -0.2) is 19.1 Å². The minimum Gasteiger partial charge on any atom is -0.495 e. The number of carbonyl (C=O) groups is 4. The molecule has 0 aliphatic carbocycles. The summed E-state index contributed by atoms with van der Waals surface area (Å²) < 4.78 is 25.1. The topological polar surface area (TPSA) is 127 Å². The molecule has 196 valence electrons. The molecule has 2 amide bonds. The van der Waals surface area contributed by atoms with Gasteiger partial charge < -0.3 is 14.3 Å². The zero-order chi connectivity index (χ0) is 28.1. The zero-order valence-corrected chi connectivity index (χ0v) is 20.7. The second kappa shape index (κ2) is 9.28. The molecule has 4 aromatic carbocycles. The number of rotatable bonds is 6. The molecule has 0 radical (unpaired) electrons. The van der Waals surface area contributed by atoms with E-state index in [1.54, 1.807) is 36.4 Å². The van der Waals surface area contributed by atoms with E-state index < -0.39 is 23.6 Å². The number of benzene rings is 4. The number of carbonyl (C=O) groups excluding carboxylic acids is 3. The highest BCUT2D eigenvalue weighted by molar-refractivity contribution is 6.35. The molecule has 10 heteroatoms. The largest absolute Gasteiger partial charge is 0.495 e. The van der Waals surface area contributed by atoms with Crippen LogP contribution in [0, 0.1) is 5.82 Å². The Morgan fingerprint density at radius 2 is 1.65 bits per heavy atom. The second-order valence-electron chi connectivity index (χ2n) is 8.95. The number of oxazole rings is 1. The van der Waals surface area contributed by atoms with E-state index in [-0.39, 0.29) is 39.6 Å². The molecule has 0 unspecified atom stereocenters. The SMILES string of the molecule is COc1ccc(-c2nc3cc(-c4ccc(F)c(C=O)c4)ccc3o2)cc1N1C(=O)c2ccc(C(=O)O)cc2C1=O. The summed E-state index contributed by atoms with van der Waals surface area (Å²) in [6.07, 6.45) is 0.451. The van der Waals surface area contributed by atoms with Crippen LogP contribution in [0.4, 0.5) is 10.1 Å². The summed E-state index contributed by atoms with van der Waals surface area (Å²) in [6, 6.07) is 17.9. The number of carboxylic acid groups (broad SMARTS) is 1. The van der Waals surface area contributed by atoms with E-state index in [9.17, 15) is 28.7 Å². The van der Waals surface area contributed by atoms with Crippen LogP contribution >= 0.6 is 0 Å². The van der Waals surface area contributed by atoms with Gasteiger partial charge in [-0.15, -0.1) is 0 Å². The molecule has 9 nitrogen and oxygen atoms in total. The van der Waals surface area contributed by atoms with E-state index >= 15 is 0 Å². The van der Waals surface area contributed by atoms with Crippen LogP contribution in [0.15, 0.2) is 77.2 Å². The predicted molar refractivity (Wildman–Crippen MR) is 141 cm³/mol. The number of imide groups is 1. The lowest BCUT2D eigenvalue weighted by Gasteiger charge is -2.18. The average Bonchev–Trinajstić information content (AvgIpc) is 3.50. The Hall–Kier alpha value is -5.64. The van der Waals surface area contributed by atoms with Gasteiger partial charge in [0.25, 0.3) is 11.8 Å². The second-order valence-corrected chi connectivity index (χ2v) is 8.95. The van der Waals surface area contributed by atoms with Gasteiger partial charge in [0.1, 0.15) is 17.1 Å². The lowest BCUT2D eigenvalue weighted by atomic mass is 10.0. The van der Waals surface area contributed by atoms with Crippen LogP contribution in [-0.2, 0) is 0 Å². The third-order valence-corrected chi connectivity index (χ3v) is 6.64. The first-order valence-electron chi connectivity index (χ1n) is 11.9. The van der Waals surface area contributed by atoms with Gasteiger partial charge in [0.05, 0.1) is 35.1 Å². The van der Waals surface area contributed by atoms with Crippen molar-refractivity contribution >= 4 is 40.9 Å². The van der Waals surface area contributed by atoms with Crippen LogP contribution in [0.1, 0.15) is 41.4 Å². The maximum absolute atomic E-state index is 13.8. The van der Waals surface area contributed by atoms with Crippen molar-refractivity contribution in [1.29, 1.82) is 0 Å². The quantitative estimate of drug-likeness (QED) is 0.219. The summed E-state index contributed by atoms with van der Waals surface area (Å²) in [5.41, 5.74) is 2.73. The fourth-order valence-electron chi connectivity index (χ4n) is 4.63. The lowest BCUT2D eigenvalue weighted by Crippen LogP contribution is -2.29. The van der Waals surface area contributed by atoms with Crippen molar-refractivity contribution in [2.24, 2.45) is 0 Å². The number of anilines is 1. The summed E-state index contributed by atoms with van der Waals surface area (Å²) in [4.78, 5) is 54.5. The third kappa shape index (κ3) is 3.90. The number of nitrogens with zero attached hydrogens (tertiary/aromatic N) is 2. The molecule has 6 rings (SSSR count). The van der Waals surface area contributed by atoms with Gasteiger partial charge in [0, 0.05) is 5.56 Å². The Labute approximate surface area is 225 Å². The molecule has 0 saturated heterocycles. The molecular formula is C30H17FN2O7. The molecule has 0 fully saturated rings. The van der Waals surface area contributed by atoms with Gasteiger partial charge in [-0.1, -0.05) is 12.1 Å². The average molecular weight is 536 g/mol. The van der Waals surface area contributed by atoms with Gasteiger partial charge in [-0.2, -0.15) is 0 Å². The van der Waals surface area contributed by atoms with Crippen LogP contribution in [0.3, 0.4) is 0 Å². The minimum absolute atomic E-state index is 0.0229. The van der Waals surface area contributed by atoms with Crippen LogP contribution in [0.25, 0.3) is 33.7 Å². The first kappa shape index (κ1) is 24.7. The number of aldehydes is 1. The number of hydrogen-bond donors (Lipinski definition) is 1. The maximum Gasteiger partial charge on any atom is 0.335 e. The summed E-state index contributed by atoms with van der Waals surface area (Å²) in [5.74, 6) is -2.70. The smallest absolute Gasteiger partial charge is 0.335 e. The Morgan fingerprint density at radius 3 is 2.40 bits per heavy atom. The van der Waals surface area contributed by atoms with Crippen molar-refractivity contribution in [3.8, 4) is 28.3 Å². The van der Waals surface area contributed by atoms with Crippen LogP contribution in [-0.4, -0.2) is 41.3 Å². The Morgan fingerprint density at radius 1 is 0.925 bits per heavy atom. The Balaban J connectivity index is 1.40. The highest BCUT2D eigenvalue weighted by atomic mass is 19.1. The number of aromatic carboxylic acids is 1. The molecule has 1 aliphatic rings. The molecule has 1 aliphatic heterocycles. The van der Waals surface area contributed by atoms with E-state index in [2.05, 4.69) is 4.98 Å². The van der Waals surface area contributed by atoms with Crippen LogP contribution < -0.4 is 9.64 Å². The number of ether oxygens (including phenoxy) is 1. The van der Waals surface area contributed by atoms with Crippen molar-refractivity contribution in [1.82, 2.24) is 4.98 Å². The van der Waals surface area contributed by atoms with Crippen LogP contribution in [0.2, 0.25) is 0 Å². The van der Waals surface area contributed by atoms with Gasteiger partial charge in [0.2, 0.25) is 5.89 Å². The zero-order valence-electron chi connectivity index (χ0n) is 20.7. The van der Waals surface area contributed by atoms with Crippen molar-refractivity contribution in [2.75, 3.05) is 12.0 Å². The van der Waals surface area contributed by atoms with Gasteiger partial charge >= 0.3 is 5.97 Å². The van der Waals surface area contributed by atoms with Crippen molar-refractivity contribution in [3.63, 3.8) is 0 Å². The van der Waals surface area contributed by atoms with E-state index in [1.807, 2.05) is 0 Å². The Bertz CT molecular complexity index is 1910. The van der Waals surface area contributed by atoms with Crippen LogP contribution in [0.5, 0.6) is 5.75 Å². The van der Waals surface area contributed by atoms with E-state index in [1.165, 1.54) is 43.5 Å². The first-order chi connectivity index (χ1) is 19.3. The van der Waals surface area contributed by atoms with E-state index in [0.717, 1.165) is 4.90 Å². The van der Waals surface area contributed by atoms with E-state index in [0.29, 0.717) is 34.1 Å². The minimum atomic E-state index is -1.22. The monoisotopic (exact) mass is 536 g/mol. The van der Waals surface area contributed by atoms with Crippen molar-refractivity contribution in [2.45, 2.75) is 0 Å². The number of halogens is 1. The molecule has 0 spiro atoms. The van der Waals surface area contributed by atoms with Gasteiger partial charge in [0.15, 0.2) is 11.9 Å². The molecule has 2 heterocycles. The molecule has 0 bridgehead atoms. The highest BCUT2D eigenvalue weighted by Crippen LogP contribution is 2.39. The normalized spacial score (nSPS) is 12.6. The fourth-order valence-corrected chi connectivity index (χ4v) is 4.63. The van der Waals surface area contributed by atoms with Crippen molar-refractivity contribution in [3.05, 3.63) is 101 Å².